The Morgan fingerprint density at radius 3 is 2.62 bits per heavy atom. The molecule has 0 aromatic heterocycles. The van der Waals surface area contributed by atoms with E-state index in [1.165, 1.54) is 0 Å². The molecule has 2 heterocycles. The molecule has 0 radical (unpaired) electrons. The Labute approximate surface area is 148 Å². The molecule has 1 N–H and O–H groups in total. The smallest absolute Gasteiger partial charge is 0.236 e. The van der Waals surface area contributed by atoms with Crippen LogP contribution < -0.4 is 5.32 Å². The number of likely N-dealkylation sites (tertiary alicyclic amines) is 2. The quantitative estimate of drug-likeness (QED) is 0.910. The monoisotopic (exact) mass is 346 g/mol. The average molecular weight is 347 g/mol. The fourth-order valence-corrected chi connectivity index (χ4v) is 3.69. The minimum Gasteiger partial charge on any atom is -0.380 e. The van der Waals surface area contributed by atoms with Gasteiger partial charge in [-0.1, -0.05) is 17.7 Å². The third kappa shape index (κ3) is 4.00. The van der Waals surface area contributed by atoms with Gasteiger partial charge in [-0.2, -0.15) is 5.26 Å². The lowest BCUT2D eigenvalue weighted by atomic mass is 10.0. The van der Waals surface area contributed by atoms with E-state index in [9.17, 15) is 10.1 Å². The maximum absolute atomic E-state index is 12.2. The second kappa shape index (κ2) is 7.87. The number of nitriles is 1. The van der Waals surface area contributed by atoms with Crippen molar-refractivity contribution in [1.29, 1.82) is 5.26 Å². The topological polar surface area (TPSA) is 59.4 Å². The average Bonchev–Trinajstić information content (AvgIpc) is 3.13. The van der Waals surface area contributed by atoms with Crippen molar-refractivity contribution in [3.63, 3.8) is 0 Å². The van der Waals surface area contributed by atoms with Crippen LogP contribution in [0.2, 0.25) is 5.02 Å². The number of halogens is 1. The summed E-state index contributed by atoms with van der Waals surface area (Å²) in [6.07, 6.45) is 4.17. The summed E-state index contributed by atoms with van der Waals surface area (Å²) in [5.74, 6) is 0.261. The number of anilines is 1. The van der Waals surface area contributed by atoms with Crippen LogP contribution in [0.1, 0.15) is 31.2 Å². The summed E-state index contributed by atoms with van der Waals surface area (Å²) in [4.78, 5) is 16.4. The Balaban J connectivity index is 1.51. The first-order valence-corrected chi connectivity index (χ1v) is 9.00. The number of benzene rings is 1. The lowest BCUT2D eigenvalue weighted by Crippen LogP contribution is -2.44. The zero-order chi connectivity index (χ0) is 16.9. The molecule has 0 unspecified atom stereocenters. The number of nitrogens with zero attached hydrogens (tertiary/aromatic N) is 3. The van der Waals surface area contributed by atoms with E-state index < -0.39 is 0 Å². The van der Waals surface area contributed by atoms with Crippen LogP contribution in [0, 0.1) is 11.3 Å². The van der Waals surface area contributed by atoms with Gasteiger partial charge < -0.3 is 10.2 Å². The number of para-hydroxylation sites is 1. The maximum atomic E-state index is 12.2. The lowest BCUT2D eigenvalue weighted by molar-refractivity contribution is -0.131. The van der Waals surface area contributed by atoms with Gasteiger partial charge >= 0.3 is 0 Å². The Kier molecular flexibility index (Phi) is 5.60. The van der Waals surface area contributed by atoms with Crippen LogP contribution in [0.15, 0.2) is 18.2 Å². The minimum atomic E-state index is 0.261. The lowest BCUT2D eigenvalue weighted by Gasteiger charge is -2.33. The second-order valence-corrected chi connectivity index (χ2v) is 6.96. The molecule has 0 atom stereocenters. The summed E-state index contributed by atoms with van der Waals surface area (Å²) in [6.45, 7) is 4.15. The zero-order valence-electron chi connectivity index (χ0n) is 13.8. The molecule has 2 fully saturated rings. The van der Waals surface area contributed by atoms with Gasteiger partial charge in [-0.05, 0) is 37.8 Å². The van der Waals surface area contributed by atoms with E-state index >= 15 is 0 Å². The number of nitrogens with one attached hydrogen (secondary N) is 1. The van der Waals surface area contributed by atoms with Crippen molar-refractivity contribution >= 4 is 23.2 Å². The van der Waals surface area contributed by atoms with Crippen molar-refractivity contribution in [2.75, 3.05) is 38.0 Å². The SMILES string of the molecule is N#Cc1cccc(Cl)c1NC1CCN(CC(=O)N2CCCC2)CC1. The van der Waals surface area contributed by atoms with E-state index in [1.54, 1.807) is 18.2 Å². The van der Waals surface area contributed by atoms with Crippen LogP contribution in [-0.2, 0) is 4.79 Å². The Morgan fingerprint density at radius 2 is 1.96 bits per heavy atom. The van der Waals surface area contributed by atoms with E-state index in [4.69, 9.17) is 11.6 Å². The molecular weight excluding hydrogens is 324 g/mol. The van der Waals surface area contributed by atoms with Crippen LogP contribution in [-0.4, -0.2) is 54.5 Å². The number of amides is 1. The van der Waals surface area contributed by atoms with Gasteiger partial charge in [-0.15, -0.1) is 0 Å². The molecule has 5 nitrogen and oxygen atoms in total. The number of hydrogen-bond acceptors (Lipinski definition) is 4. The fourth-order valence-electron chi connectivity index (χ4n) is 3.46. The molecule has 1 aromatic rings. The molecular formula is C18H23ClN4O. The highest BCUT2D eigenvalue weighted by Crippen LogP contribution is 2.28. The van der Waals surface area contributed by atoms with Crippen molar-refractivity contribution in [3.8, 4) is 6.07 Å². The summed E-state index contributed by atoms with van der Waals surface area (Å²) >= 11 is 6.22. The molecule has 2 saturated heterocycles. The van der Waals surface area contributed by atoms with Crippen molar-refractivity contribution in [3.05, 3.63) is 28.8 Å². The van der Waals surface area contributed by atoms with Crippen molar-refractivity contribution in [2.24, 2.45) is 0 Å². The van der Waals surface area contributed by atoms with Crippen LogP contribution in [0.3, 0.4) is 0 Å². The predicted octanol–water partition coefficient (Wildman–Crippen LogP) is 2.71. The molecule has 24 heavy (non-hydrogen) atoms. The highest BCUT2D eigenvalue weighted by molar-refractivity contribution is 6.33. The molecule has 0 saturated carbocycles. The van der Waals surface area contributed by atoms with Crippen LogP contribution >= 0.6 is 11.6 Å². The Bertz CT molecular complexity index is 628. The summed E-state index contributed by atoms with van der Waals surface area (Å²) < 4.78 is 0. The third-order valence-corrected chi connectivity index (χ3v) is 5.20. The van der Waals surface area contributed by atoms with E-state index in [-0.39, 0.29) is 11.9 Å². The molecule has 1 aromatic carbocycles. The van der Waals surface area contributed by atoms with Gasteiger partial charge in [0.25, 0.3) is 0 Å². The van der Waals surface area contributed by atoms with Gasteiger partial charge in [0.05, 0.1) is 22.8 Å². The molecule has 6 heteroatoms. The van der Waals surface area contributed by atoms with E-state index in [1.807, 2.05) is 4.90 Å². The number of carbonyl (C=O) groups is 1. The Morgan fingerprint density at radius 1 is 1.25 bits per heavy atom. The number of carbonyl (C=O) groups excluding carboxylic acids is 1. The maximum Gasteiger partial charge on any atom is 0.236 e. The van der Waals surface area contributed by atoms with Crippen molar-refractivity contribution < 1.29 is 4.79 Å². The molecule has 0 bridgehead atoms. The minimum absolute atomic E-state index is 0.261. The molecule has 2 aliphatic heterocycles. The van der Waals surface area contributed by atoms with Crippen LogP contribution in [0.4, 0.5) is 5.69 Å². The zero-order valence-corrected chi connectivity index (χ0v) is 14.6. The van der Waals surface area contributed by atoms with Crippen molar-refractivity contribution in [2.45, 2.75) is 31.7 Å². The molecule has 0 spiro atoms. The van der Waals surface area contributed by atoms with Gasteiger partial charge in [0, 0.05) is 32.2 Å². The Hall–Kier alpha value is -1.77. The second-order valence-electron chi connectivity index (χ2n) is 6.56. The largest absolute Gasteiger partial charge is 0.380 e. The first-order chi connectivity index (χ1) is 11.7. The molecule has 128 valence electrons. The number of hydrogen-bond donors (Lipinski definition) is 1. The van der Waals surface area contributed by atoms with Gasteiger partial charge in [-0.25, -0.2) is 0 Å². The van der Waals surface area contributed by atoms with E-state index in [2.05, 4.69) is 16.3 Å². The third-order valence-electron chi connectivity index (χ3n) is 4.89. The summed E-state index contributed by atoms with van der Waals surface area (Å²) in [7, 11) is 0. The standard InChI is InChI=1S/C18H23ClN4O/c19-16-5-3-4-14(12-20)18(16)21-15-6-10-22(11-7-15)13-17(24)23-8-1-2-9-23/h3-5,15,21H,1-2,6-11,13H2. The number of rotatable bonds is 4. The van der Waals surface area contributed by atoms with Crippen LogP contribution in [0.25, 0.3) is 0 Å². The fraction of sp³-hybridized carbons (Fsp3) is 0.556. The normalized spacial score (nSPS) is 19.2. The van der Waals surface area contributed by atoms with Crippen molar-refractivity contribution in [1.82, 2.24) is 9.80 Å². The first kappa shape index (κ1) is 17.1. The van der Waals surface area contributed by atoms with Gasteiger partial charge in [-0.3, -0.25) is 9.69 Å². The van der Waals surface area contributed by atoms with Gasteiger partial charge in [0.15, 0.2) is 0 Å². The number of piperidine rings is 1. The van der Waals surface area contributed by atoms with E-state index in [0.717, 1.165) is 57.5 Å². The highest BCUT2D eigenvalue weighted by atomic mass is 35.5. The molecule has 0 aliphatic carbocycles. The van der Waals surface area contributed by atoms with E-state index in [0.29, 0.717) is 17.1 Å². The summed E-state index contributed by atoms with van der Waals surface area (Å²) in [6, 6.07) is 7.84. The molecule has 2 aliphatic rings. The predicted molar refractivity (Wildman–Crippen MR) is 95.1 cm³/mol. The molecule has 3 rings (SSSR count). The molecule has 1 amide bonds. The van der Waals surface area contributed by atoms with Gasteiger partial charge in [0.2, 0.25) is 5.91 Å². The summed E-state index contributed by atoms with van der Waals surface area (Å²) in [5.41, 5.74) is 1.31. The van der Waals surface area contributed by atoms with Crippen LogP contribution in [0.5, 0.6) is 0 Å². The first-order valence-electron chi connectivity index (χ1n) is 8.62. The summed E-state index contributed by atoms with van der Waals surface area (Å²) in [5, 5.41) is 13.2. The van der Waals surface area contributed by atoms with Gasteiger partial charge in [0.1, 0.15) is 6.07 Å². The highest BCUT2D eigenvalue weighted by Gasteiger charge is 2.25.